The number of carbonyl (C=O) groups excluding carboxylic acids is 2. The lowest BCUT2D eigenvalue weighted by molar-refractivity contribution is -0.148. The van der Waals surface area contributed by atoms with Crippen LogP contribution in [-0.4, -0.2) is 24.3 Å². The summed E-state index contributed by atoms with van der Waals surface area (Å²) >= 11 is 0. The Labute approximate surface area is 162 Å². The van der Waals surface area contributed by atoms with Gasteiger partial charge in [0.2, 0.25) is 0 Å². The first-order valence-corrected chi connectivity index (χ1v) is 9.81. The second-order valence-corrected chi connectivity index (χ2v) is 6.69. The van der Waals surface area contributed by atoms with Crippen molar-refractivity contribution in [1.82, 2.24) is 0 Å². The van der Waals surface area contributed by atoms with E-state index in [9.17, 15) is 9.59 Å². The van der Waals surface area contributed by atoms with Gasteiger partial charge < -0.3 is 4.74 Å². The fourth-order valence-electron chi connectivity index (χ4n) is 3.25. The Morgan fingerprint density at radius 2 is 1.44 bits per heavy atom. The average Bonchev–Trinajstić information content (AvgIpc) is 2.72. The van der Waals surface area contributed by atoms with Crippen LogP contribution < -0.4 is 0 Å². The molecule has 143 valence electrons. The summed E-state index contributed by atoms with van der Waals surface area (Å²) in [7, 11) is 0. The number of carbonyl (C=O) groups is 2. The van der Waals surface area contributed by atoms with E-state index < -0.39 is 5.60 Å². The van der Waals surface area contributed by atoms with E-state index in [-0.39, 0.29) is 5.78 Å². The molecule has 0 aliphatic carbocycles. The van der Waals surface area contributed by atoms with Gasteiger partial charge in [-0.15, -0.1) is 0 Å². The molecule has 0 aliphatic heterocycles. The number of ketones is 1. The molecule has 0 saturated carbocycles. The van der Waals surface area contributed by atoms with Crippen LogP contribution in [0.2, 0.25) is 0 Å². The van der Waals surface area contributed by atoms with Crippen molar-refractivity contribution < 1.29 is 14.3 Å². The standard InChI is InChI=1S/C24H29O3/c1-3-5-12-18-27-24(19-25,22(26)13-4-2)23(20-14-8-6-9-15-20)21-16-10-7-11-17-21/h6-11,14-17,19H,3-5,12-13,18H2,1-2H3. The van der Waals surface area contributed by atoms with E-state index in [4.69, 9.17) is 4.74 Å². The first kappa shape index (κ1) is 21.0. The smallest absolute Gasteiger partial charge is 0.196 e. The molecule has 0 bridgehead atoms. The van der Waals surface area contributed by atoms with Gasteiger partial charge in [0.05, 0.1) is 5.92 Å². The van der Waals surface area contributed by atoms with Gasteiger partial charge in [-0.1, -0.05) is 87.4 Å². The van der Waals surface area contributed by atoms with Crippen molar-refractivity contribution >= 4 is 12.1 Å². The monoisotopic (exact) mass is 365 g/mol. The Kier molecular flexibility index (Phi) is 8.41. The van der Waals surface area contributed by atoms with Gasteiger partial charge in [0.15, 0.2) is 17.7 Å². The van der Waals surface area contributed by atoms with Crippen LogP contribution in [0.4, 0.5) is 0 Å². The minimum absolute atomic E-state index is 0.181. The van der Waals surface area contributed by atoms with E-state index >= 15 is 0 Å². The molecule has 0 spiro atoms. The quantitative estimate of drug-likeness (QED) is 0.296. The van der Waals surface area contributed by atoms with Crippen LogP contribution in [0.3, 0.4) is 0 Å². The second kappa shape index (κ2) is 10.8. The van der Waals surface area contributed by atoms with E-state index in [1.165, 1.54) is 0 Å². The van der Waals surface area contributed by atoms with Crippen LogP contribution >= 0.6 is 0 Å². The van der Waals surface area contributed by atoms with Crippen molar-refractivity contribution in [2.24, 2.45) is 0 Å². The molecule has 0 saturated heterocycles. The number of benzene rings is 2. The fourth-order valence-corrected chi connectivity index (χ4v) is 3.25. The summed E-state index contributed by atoms with van der Waals surface area (Å²) in [5, 5.41) is 0. The molecule has 27 heavy (non-hydrogen) atoms. The molecule has 2 aromatic rings. The maximum absolute atomic E-state index is 13.2. The van der Waals surface area contributed by atoms with Gasteiger partial charge in [0, 0.05) is 13.0 Å². The fraction of sp³-hybridized carbons (Fsp3) is 0.375. The third-order valence-corrected chi connectivity index (χ3v) is 4.63. The average molecular weight is 365 g/mol. The van der Waals surface area contributed by atoms with Gasteiger partial charge in [-0.25, -0.2) is 0 Å². The van der Waals surface area contributed by atoms with Crippen LogP contribution in [0.15, 0.2) is 60.7 Å². The van der Waals surface area contributed by atoms with Gasteiger partial charge in [-0.2, -0.15) is 0 Å². The van der Waals surface area contributed by atoms with Crippen molar-refractivity contribution in [2.45, 2.75) is 51.6 Å². The summed E-state index contributed by atoms with van der Waals surface area (Å²) in [4.78, 5) is 25.6. The van der Waals surface area contributed by atoms with Crippen LogP contribution in [-0.2, 0) is 14.3 Å². The highest BCUT2D eigenvalue weighted by Gasteiger charge is 2.48. The molecule has 0 amide bonds. The van der Waals surface area contributed by atoms with Gasteiger partial charge in [-0.05, 0) is 24.0 Å². The molecular weight excluding hydrogens is 336 g/mol. The molecule has 0 aromatic heterocycles. The Bertz CT molecular complexity index is 657. The largest absolute Gasteiger partial charge is 0.358 e. The summed E-state index contributed by atoms with van der Waals surface area (Å²) in [6.45, 7) is 4.43. The van der Waals surface area contributed by atoms with E-state index in [1.807, 2.05) is 67.6 Å². The molecule has 0 fully saturated rings. The zero-order valence-corrected chi connectivity index (χ0v) is 16.3. The number of rotatable bonds is 12. The zero-order chi connectivity index (χ0) is 19.5. The normalized spacial score (nSPS) is 13.3. The first-order valence-electron chi connectivity index (χ1n) is 9.81. The van der Waals surface area contributed by atoms with Gasteiger partial charge in [-0.3, -0.25) is 9.59 Å². The second-order valence-electron chi connectivity index (χ2n) is 6.69. The Morgan fingerprint density at radius 1 is 0.889 bits per heavy atom. The van der Waals surface area contributed by atoms with Crippen LogP contribution in [0, 0.1) is 5.92 Å². The number of hydrogen-bond acceptors (Lipinski definition) is 3. The van der Waals surface area contributed by atoms with Gasteiger partial charge in [0.1, 0.15) is 0 Å². The highest BCUT2D eigenvalue weighted by molar-refractivity contribution is 6.06. The van der Waals surface area contributed by atoms with Crippen LogP contribution in [0.25, 0.3) is 0 Å². The van der Waals surface area contributed by atoms with E-state index in [0.29, 0.717) is 31.7 Å². The van der Waals surface area contributed by atoms with Crippen molar-refractivity contribution in [1.29, 1.82) is 0 Å². The molecular formula is C24H29O3. The highest BCUT2D eigenvalue weighted by Crippen LogP contribution is 2.37. The lowest BCUT2D eigenvalue weighted by Crippen LogP contribution is -2.50. The molecule has 1 radical (unpaired) electrons. The summed E-state index contributed by atoms with van der Waals surface area (Å²) in [5.74, 6) is 0.452. The third-order valence-electron chi connectivity index (χ3n) is 4.63. The third kappa shape index (κ3) is 5.14. The van der Waals surface area contributed by atoms with Gasteiger partial charge >= 0.3 is 0 Å². The Balaban J connectivity index is 2.54. The lowest BCUT2D eigenvalue weighted by Gasteiger charge is -2.35. The van der Waals surface area contributed by atoms with E-state index in [1.54, 1.807) is 0 Å². The zero-order valence-electron chi connectivity index (χ0n) is 16.3. The molecule has 3 nitrogen and oxygen atoms in total. The molecule has 2 aromatic carbocycles. The molecule has 1 atom stereocenters. The highest BCUT2D eigenvalue weighted by atomic mass is 16.5. The minimum atomic E-state index is -1.58. The molecule has 0 heterocycles. The lowest BCUT2D eigenvalue weighted by atomic mass is 9.74. The molecule has 2 rings (SSSR count). The van der Waals surface area contributed by atoms with Crippen LogP contribution in [0.1, 0.15) is 57.1 Å². The number of aldehydes is 1. The number of hydrogen-bond donors (Lipinski definition) is 0. The van der Waals surface area contributed by atoms with Crippen molar-refractivity contribution in [2.75, 3.05) is 6.61 Å². The first-order chi connectivity index (χ1) is 13.2. The van der Waals surface area contributed by atoms with E-state index in [0.717, 1.165) is 30.4 Å². The van der Waals surface area contributed by atoms with E-state index in [2.05, 4.69) is 6.92 Å². The van der Waals surface area contributed by atoms with Gasteiger partial charge in [0.25, 0.3) is 0 Å². The minimum Gasteiger partial charge on any atom is -0.358 e. The molecule has 0 aliphatic rings. The Hall–Kier alpha value is -2.26. The number of Topliss-reactive ketones (excluding diaryl/α,β-unsaturated/α-hetero) is 1. The summed E-state index contributed by atoms with van der Waals surface area (Å²) in [6, 6.07) is 19.2. The number of ether oxygens (including phenoxy) is 1. The SMILES string of the molecule is CCCCCOC(C=O)([C](c1ccccc1)c1ccccc1)C(=O)CCC. The molecule has 3 heteroatoms. The van der Waals surface area contributed by atoms with Crippen molar-refractivity contribution in [3.05, 3.63) is 77.7 Å². The Morgan fingerprint density at radius 3 is 1.89 bits per heavy atom. The molecule has 1 unspecified atom stereocenters. The summed E-state index contributed by atoms with van der Waals surface area (Å²) in [5.41, 5.74) is 0.0819. The summed E-state index contributed by atoms with van der Waals surface area (Å²) in [6.07, 6.45) is 4.55. The maximum atomic E-state index is 13.2. The summed E-state index contributed by atoms with van der Waals surface area (Å²) < 4.78 is 6.11. The topological polar surface area (TPSA) is 43.4 Å². The maximum Gasteiger partial charge on any atom is 0.196 e. The van der Waals surface area contributed by atoms with Crippen LogP contribution in [0.5, 0.6) is 0 Å². The number of unbranched alkanes of at least 4 members (excludes halogenated alkanes) is 2. The predicted octanol–water partition coefficient (Wildman–Crippen LogP) is 5.17. The van der Waals surface area contributed by atoms with Crippen molar-refractivity contribution in [3.63, 3.8) is 0 Å². The predicted molar refractivity (Wildman–Crippen MR) is 109 cm³/mol. The van der Waals surface area contributed by atoms with Crippen molar-refractivity contribution in [3.8, 4) is 0 Å². The molecule has 0 N–H and O–H groups in total.